The molecular weight excluding hydrogens is 501 g/mol. The van der Waals surface area contributed by atoms with E-state index in [1.807, 2.05) is 6.92 Å². The maximum absolute atomic E-state index is 14.7. The molecule has 0 fully saturated rings. The number of carbonyl (C=O) groups excluding carboxylic acids is 2. The predicted octanol–water partition coefficient (Wildman–Crippen LogP) is 4.99. The molecule has 2 aromatic heterocycles. The molecule has 8 nitrogen and oxygen atoms in total. The standard InChI is InChI=1S/C30H20FN3O5/c1-16-11-12-23-19(13-16)26(35)25-27(38-23)28(36)34(24-14-17(2)39-32-24)30(25)20-8-4-6-10-22(20)33(29(30)37)15-18-7-3-5-9-21(18)31/h3-14H,15H2,1-2H3. The Morgan fingerprint density at radius 2 is 1.72 bits per heavy atom. The third-order valence-electron chi connectivity index (χ3n) is 7.41. The number of carbonyl (C=O) groups is 2. The SMILES string of the molecule is Cc1ccc2oc3c(c(=O)c2c1)C1(C(=O)N(Cc2ccccc2F)c2ccccc21)N(c1cc(C)on1)C3=O. The number of rotatable bonds is 3. The highest BCUT2D eigenvalue weighted by Gasteiger charge is 2.66. The number of para-hydroxylation sites is 1. The van der Waals surface area contributed by atoms with Crippen molar-refractivity contribution in [2.75, 3.05) is 9.80 Å². The Morgan fingerprint density at radius 1 is 0.949 bits per heavy atom. The number of hydrogen-bond donors (Lipinski definition) is 0. The van der Waals surface area contributed by atoms with Crippen LogP contribution in [0, 0.1) is 19.7 Å². The summed E-state index contributed by atoms with van der Waals surface area (Å²) in [5.41, 5.74) is -0.368. The fourth-order valence-corrected chi connectivity index (χ4v) is 5.73. The maximum atomic E-state index is 14.7. The van der Waals surface area contributed by atoms with Crippen molar-refractivity contribution in [2.45, 2.75) is 25.9 Å². The zero-order valence-electron chi connectivity index (χ0n) is 20.9. The summed E-state index contributed by atoms with van der Waals surface area (Å²) >= 11 is 0. The van der Waals surface area contributed by atoms with E-state index in [2.05, 4.69) is 5.16 Å². The number of amides is 2. The third-order valence-corrected chi connectivity index (χ3v) is 7.41. The Bertz CT molecular complexity index is 1930. The van der Waals surface area contributed by atoms with Gasteiger partial charge in [-0.05, 0) is 38.1 Å². The first-order valence-corrected chi connectivity index (χ1v) is 12.3. The topological polar surface area (TPSA) is 96.9 Å². The van der Waals surface area contributed by atoms with Crippen LogP contribution in [0.25, 0.3) is 11.0 Å². The van der Waals surface area contributed by atoms with Crippen molar-refractivity contribution in [1.82, 2.24) is 5.16 Å². The lowest BCUT2D eigenvalue weighted by Gasteiger charge is -2.32. The Labute approximate surface area is 220 Å². The van der Waals surface area contributed by atoms with Crippen LogP contribution in [-0.4, -0.2) is 17.0 Å². The van der Waals surface area contributed by atoms with E-state index in [-0.39, 0.29) is 40.2 Å². The van der Waals surface area contributed by atoms with Gasteiger partial charge in [0, 0.05) is 17.2 Å². The number of fused-ring (bicyclic) bond motifs is 5. The molecule has 1 spiro atoms. The molecule has 2 aliphatic heterocycles. The van der Waals surface area contributed by atoms with E-state index < -0.39 is 28.6 Å². The zero-order valence-corrected chi connectivity index (χ0v) is 20.9. The summed E-state index contributed by atoms with van der Waals surface area (Å²) in [6.07, 6.45) is 0. The smallest absolute Gasteiger partial charge is 0.297 e. The normalized spacial score (nSPS) is 17.9. The summed E-state index contributed by atoms with van der Waals surface area (Å²) in [5, 5.41) is 4.30. The van der Waals surface area contributed by atoms with Crippen molar-refractivity contribution in [1.29, 1.82) is 0 Å². The van der Waals surface area contributed by atoms with E-state index in [1.54, 1.807) is 67.6 Å². The molecule has 5 aromatic rings. The van der Waals surface area contributed by atoms with Gasteiger partial charge < -0.3 is 13.8 Å². The quantitative estimate of drug-likeness (QED) is 0.332. The molecule has 0 radical (unpaired) electrons. The van der Waals surface area contributed by atoms with Crippen LogP contribution in [0.2, 0.25) is 0 Å². The number of halogens is 1. The Hall–Kier alpha value is -5.05. The fourth-order valence-electron chi connectivity index (χ4n) is 5.73. The van der Waals surface area contributed by atoms with E-state index >= 15 is 0 Å². The zero-order chi connectivity index (χ0) is 27.1. The van der Waals surface area contributed by atoms with Crippen molar-refractivity contribution >= 4 is 34.3 Å². The molecule has 1 unspecified atom stereocenters. The molecule has 2 amide bonds. The van der Waals surface area contributed by atoms with Gasteiger partial charge in [0.2, 0.25) is 5.76 Å². The Morgan fingerprint density at radius 3 is 2.49 bits per heavy atom. The number of aryl methyl sites for hydroxylation is 2. The van der Waals surface area contributed by atoms with Crippen LogP contribution in [0.3, 0.4) is 0 Å². The van der Waals surface area contributed by atoms with E-state index in [0.717, 1.165) is 5.56 Å². The van der Waals surface area contributed by atoms with Gasteiger partial charge in [0.1, 0.15) is 17.2 Å². The van der Waals surface area contributed by atoms with Gasteiger partial charge >= 0.3 is 0 Å². The van der Waals surface area contributed by atoms with E-state index in [9.17, 15) is 18.8 Å². The van der Waals surface area contributed by atoms with Crippen molar-refractivity contribution in [3.05, 3.63) is 123 Å². The predicted molar refractivity (Wildman–Crippen MR) is 140 cm³/mol. The first-order valence-electron chi connectivity index (χ1n) is 12.3. The lowest BCUT2D eigenvalue weighted by atomic mass is 9.84. The highest BCUT2D eigenvalue weighted by Crippen LogP contribution is 2.54. The van der Waals surface area contributed by atoms with E-state index in [4.69, 9.17) is 8.94 Å². The monoisotopic (exact) mass is 521 g/mol. The van der Waals surface area contributed by atoms with Crippen LogP contribution >= 0.6 is 0 Å². The minimum absolute atomic E-state index is 0.0550. The molecule has 192 valence electrons. The summed E-state index contributed by atoms with van der Waals surface area (Å²) in [4.78, 5) is 45.6. The molecular formula is C30H20FN3O5. The number of hydrogen-bond acceptors (Lipinski definition) is 6. The van der Waals surface area contributed by atoms with Crippen LogP contribution in [0.5, 0.6) is 0 Å². The van der Waals surface area contributed by atoms with Gasteiger partial charge in [0.15, 0.2) is 16.8 Å². The molecule has 7 rings (SSSR count). The Balaban J connectivity index is 1.57. The van der Waals surface area contributed by atoms with Crippen LogP contribution in [0.1, 0.15) is 38.6 Å². The second-order valence-electron chi connectivity index (χ2n) is 9.78. The summed E-state index contributed by atoms with van der Waals surface area (Å²) in [5.74, 6) is -1.55. The van der Waals surface area contributed by atoms with Gasteiger partial charge in [-0.15, -0.1) is 0 Å². The fraction of sp³-hybridized carbons (Fsp3) is 0.133. The largest absolute Gasteiger partial charge is 0.450 e. The molecule has 2 aliphatic rings. The lowest BCUT2D eigenvalue weighted by molar-refractivity contribution is -0.121. The molecule has 9 heteroatoms. The van der Waals surface area contributed by atoms with E-state index in [1.165, 1.54) is 21.9 Å². The molecule has 1 atom stereocenters. The summed E-state index contributed by atoms with van der Waals surface area (Å²) < 4.78 is 26.1. The van der Waals surface area contributed by atoms with Gasteiger partial charge in [0.05, 0.1) is 23.2 Å². The lowest BCUT2D eigenvalue weighted by Crippen LogP contribution is -2.53. The molecule has 0 saturated carbocycles. The molecule has 3 aromatic carbocycles. The maximum Gasteiger partial charge on any atom is 0.297 e. The summed E-state index contributed by atoms with van der Waals surface area (Å²) in [7, 11) is 0. The number of anilines is 2. The van der Waals surface area contributed by atoms with Crippen molar-refractivity contribution < 1.29 is 22.9 Å². The van der Waals surface area contributed by atoms with Crippen LogP contribution in [-0.2, 0) is 16.9 Å². The van der Waals surface area contributed by atoms with Crippen molar-refractivity contribution in [2.24, 2.45) is 0 Å². The van der Waals surface area contributed by atoms with Gasteiger partial charge in [-0.25, -0.2) is 4.39 Å². The Kier molecular flexibility index (Phi) is 4.72. The average molecular weight is 522 g/mol. The molecule has 0 N–H and O–H groups in total. The first kappa shape index (κ1) is 23.1. The van der Waals surface area contributed by atoms with E-state index in [0.29, 0.717) is 17.0 Å². The number of nitrogens with zero attached hydrogens (tertiary/aromatic N) is 3. The first-order chi connectivity index (χ1) is 18.8. The molecule has 0 saturated heterocycles. The molecule has 39 heavy (non-hydrogen) atoms. The van der Waals surface area contributed by atoms with Gasteiger partial charge in [-0.1, -0.05) is 53.2 Å². The highest BCUT2D eigenvalue weighted by atomic mass is 19.1. The molecule has 4 heterocycles. The van der Waals surface area contributed by atoms with Crippen molar-refractivity contribution in [3.63, 3.8) is 0 Å². The summed E-state index contributed by atoms with van der Waals surface area (Å²) in [6.45, 7) is 3.38. The second-order valence-corrected chi connectivity index (χ2v) is 9.78. The number of aromatic nitrogens is 1. The van der Waals surface area contributed by atoms with Gasteiger partial charge in [-0.2, -0.15) is 0 Å². The van der Waals surface area contributed by atoms with Crippen LogP contribution in [0.4, 0.5) is 15.9 Å². The highest BCUT2D eigenvalue weighted by molar-refractivity contribution is 6.24. The third kappa shape index (κ3) is 2.98. The van der Waals surface area contributed by atoms with Gasteiger partial charge in [0.25, 0.3) is 11.8 Å². The van der Waals surface area contributed by atoms with Crippen LogP contribution in [0.15, 0.2) is 86.5 Å². The second kappa shape index (κ2) is 7.97. The van der Waals surface area contributed by atoms with Gasteiger partial charge in [-0.3, -0.25) is 19.3 Å². The molecule has 0 aliphatic carbocycles. The van der Waals surface area contributed by atoms with Crippen molar-refractivity contribution in [3.8, 4) is 0 Å². The van der Waals surface area contributed by atoms with Crippen LogP contribution < -0.4 is 15.2 Å². The summed E-state index contributed by atoms with van der Waals surface area (Å²) in [6, 6.07) is 19.6. The number of benzene rings is 3. The minimum Gasteiger partial charge on any atom is -0.450 e. The average Bonchev–Trinajstić information content (AvgIpc) is 3.54. The minimum atomic E-state index is -1.93. The molecule has 0 bridgehead atoms.